The Morgan fingerprint density at radius 3 is 2.40 bits per heavy atom. The van der Waals surface area contributed by atoms with Crippen molar-refractivity contribution in [3.05, 3.63) is 23.2 Å². The first kappa shape index (κ1) is 28.2. The van der Waals surface area contributed by atoms with Crippen molar-refractivity contribution in [1.82, 2.24) is 5.32 Å². The zero-order valence-corrected chi connectivity index (χ0v) is 20.9. The van der Waals surface area contributed by atoms with Gasteiger partial charge in [0.05, 0.1) is 22.7 Å². The highest BCUT2D eigenvalue weighted by atomic mass is 35.5. The summed E-state index contributed by atoms with van der Waals surface area (Å²) in [5, 5.41) is 24.0. The van der Waals surface area contributed by atoms with E-state index in [0.717, 1.165) is 5.69 Å². The number of esters is 1. The Bertz CT molecular complexity index is 952. The monoisotopic (exact) mass is 512 g/mol. The predicted molar refractivity (Wildman–Crippen MR) is 130 cm³/mol. The van der Waals surface area contributed by atoms with E-state index < -0.39 is 29.3 Å². The molecule has 2 aliphatic rings. The summed E-state index contributed by atoms with van der Waals surface area (Å²) >= 11 is 6.50. The number of nitrogens with zero attached hydrogens (tertiary/aromatic N) is 1. The average molecular weight is 513 g/mol. The van der Waals surface area contributed by atoms with Crippen molar-refractivity contribution >= 4 is 46.9 Å². The molecule has 2 fully saturated rings. The average Bonchev–Trinajstić information content (AvgIpc) is 2.69. The van der Waals surface area contributed by atoms with Crippen LogP contribution >= 0.6 is 11.6 Å². The zero-order valence-electron chi connectivity index (χ0n) is 20.1. The number of hydrogen-bond acceptors (Lipinski definition) is 8. The van der Waals surface area contributed by atoms with Gasteiger partial charge in [-0.1, -0.05) is 11.6 Å². The van der Waals surface area contributed by atoms with Crippen LogP contribution in [0.3, 0.4) is 0 Å². The topological polar surface area (TPSA) is 171 Å². The number of piperidine rings is 2. The number of carbonyl (C=O) groups is 4. The van der Waals surface area contributed by atoms with Crippen LogP contribution in [0, 0.1) is 0 Å². The van der Waals surface area contributed by atoms with Crippen LogP contribution < -0.4 is 21.3 Å². The molecule has 2 heterocycles. The number of nitrogens with one attached hydrogen (secondary N) is 2. The van der Waals surface area contributed by atoms with Gasteiger partial charge in [-0.3, -0.25) is 19.7 Å². The number of amides is 3. The number of aliphatic hydroxyl groups is 1. The molecule has 3 rings (SSSR count). The van der Waals surface area contributed by atoms with Gasteiger partial charge in [0.15, 0.2) is 0 Å². The Morgan fingerprint density at radius 2 is 1.89 bits per heavy atom. The molecule has 0 radical (unpaired) electrons. The lowest BCUT2D eigenvalue weighted by Gasteiger charge is -2.39. The first-order valence-corrected chi connectivity index (χ1v) is 11.6. The summed E-state index contributed by atoms with van der Waals surface area (Å²) in [6, 6.07) is 4.99. The number of primary amides is 1. The molecule has 3 amide bonds. The summed E-state index contributed by atoms with van der Waals surface area (Å²) in [7, 11) is 0. The minimum absolute atomic E-state index is 0.0271. The van der Waals surface area contributed by atoms with Crippen LogP contribution in [0.15, 0.2) is 18.2 Å². The molecule has 1 unspecified atom stereocenters. The van der Waals surface area contributed by atoms with Crippen molar-refractivity contribution in [3.8, 4) is 0 Å². The number of benzene rings is 1. The Labute approximate surface area is 208 Å². The molecule has 0 spiro atoms. The Morgan fingerprint density at radius 1 is 1.29 bits per heavy atom. The SMILES string of the molecule is CC(C)(C)OC(=O)CC1(O)CCN(c2ccc(NC3CCC(=O)NC3=O)cc2Cl)CC1.NC(=O)O. The van der Waals surface area contributed by atoms with E-state index in [-0.39, 0.29) is 18.2 Å². The smallest absolute Gasteiger partial charge is 0.402 e. The van der Waals surface area contributed by atoms with Crippen molar-refractivity contribution < 1.29 is 34.1 Å². The van der Waals surface area contributed by atoms with Crippen LogP contribution in [0.1, 0.15) is 52.9 Å². The van der Waals surface area contributed by atoms with Crippen LogP contribution in [-0.4, -0.2) is 64.4 Å². The van der Waals surface area contributed by atoms with E-state index in [1.165, 1.54) is 0 Å². The standard InChI is InChI=1S/C22H30ClN3O5.CH3NO2/c1-21(2,3)31-19(28)13-22(30)8-10-26(11-9-22)17-6-4-14(12-15(17)23)24-16-5-7-18(27)25-20(16)29;2-1(3)4/h4,6,12,16,24,30H,5,7-11,13H2,1-3H3,(H,25,27,29);2H2,(H,3,4). The molecule has 11 nitrogen and oxygen atoms in total. The molecule has 1 aromatic rings. The van der Waals surface area contributed by atoms with Gasteiger partial charge in [-0.25, -0.2) is 4.79 Å². The largest absolute Gasteiger partial charge is 0.465 e. The first-order chi connectivity index (χ1) is 16.2. The van der Waals surface area contributed by atoms with E-state index in [1.807, 2.05) is 12.1 Å². The molecule has 6 N–H and O–H groups in total. The number of anilines is 2. The minimum Gasteiger partial charge on any atom is -0.465 e. The molecule has 2 aliphatic heterocycles. The second-order valence-corrected chi connectivity index (χ2v) is 10.0. The van der Waals surface area contributed by atoms with Crippen molar-refractivity contribution in [3.63, 3.8) is 0 Å². The lowest BCUT2D eigenvalue weighted by molar-refractivity contribution is -0.161. The zero-order chi connectivity index (χ0) is 26.4. The van der Waals surface area contributed by atoms with Gasteiger partial charge in [-0.15, -0.1) is 0 Å². The second kappa shape index (κ2) is 11.6. The summed E-state index contributed by atoms with van der Waals surface area (Å²) in [5.74, 6) is -0.990. The van der Waals surface area contributed by atoms with Crippen LogP contribution in [-0.2, 0) is 19.1 Å². The van der Waals surface area contributed by atoms with Gasteiger partial charge in [0.25, 0.3) is 0 Å². The third-order valence-electron chi connectivity index (χ3n) is 5.46. The van der Waals surface area contributed by atoms with Crippen LogP contribution in [0.4, 0.5) is 16.2 Å². The lowest BCUT2D eigenvalue weighted by atomic mass is 9.88. The van der Waals surface area contributed by atoms with Gasteiger partial charge in [0.2, 0.25) is 11.8 Å². The molecule has 1 atom stereocenters. The summed E-state index contributed by atoms with van der Waals surface area (Å²) < 4.78 is 5.34. The summed E-state index contributed by atoms with van der Waals surface area (Å²) in [5.41, 5.74) is 3.89. The predicted octanol–water partition coefficient (Wildman–Crippen LogP) is 2.24. The van der Waals surface area contributed by atoms with Crippen LogP contribution in [0.2, 0.25) is 5.02 Å². The lowest BCUT2D eigenvalue weighted by Crippen LogP contribution is -2.47. The van der Waals surface area contributed by atoms with Gasteiger partial charge >= 0.3 is 12.1 Å². The highest BCUT2D eigenvalue weighted by Crippen LogP contribution is 2.34. The summed E-state index contributed by atoms with van der Waals surface area (Å²) in [6.45, 7) is 6.52. The van der Waals surface area contributed by atoms with Gasteiger partial charge in [-0.05, 0) is 58.2 Å². The van der Waals surface area contributed by atoms with E-state index in [2.05, 4.69) is 21.3 Å². The Balaban J connectivity index is 0.00000100. The fourth-order valence-electron chi connectivity index (χ4n) is 3.87. The van der Waals surface area contributed by atoms with Crippen LogP contribution in [0.25, 0.3) is 0 Å². The maximum absolute atomic E-state index is 12.1. The number of hydrogen-bond donors (Lipinski definition) is 5. The van der Waals surface area contributed by atoms with E-state index in [9.17, 15) is 19.5 Å². The molecular formula is C23H33ClN4O7. The minimum atomic E-state index is -1.33. The van der Waals surface area contributed by atoms with Crippen molar-refractivity contribution in [2.24, 2.45) is 5.73 Å². The molecule has 0 saturated carbocycles. The van der Waals surface area contributed by atoms with Gasteiger partial charge < -0.3 is 30.9 Å². The van der Waals surface area contributed by atoms with Crippen molar-refractivity contribution in [2.45, 2.75) is 70.1 Å². The van der Waals surface area contributed by atoms with Crippen molar-refractivity contribution in [2.75, 3.05) is 23.3 Å². The van der Waals surface area contributed by atoms with Crippen LogP contribution in [0.5, 0.6) is 0 Å². The number of carboxylic acid groups (broad SMARTS) is 1. The number of rotatable bonds is 5. The van der Waals surface area contributed by atoms with E-state index in [4.69, 9.17) is 26.2 Å². The number of ether oxygens (including phenoxy) is 1. The highest BCUT2D eigenvalue weighted by Gasteiger charge is 2.36. The molecule has 0 bridgehead atoms. The maximum Gasteiger partial charge on any atom is 0.402 e. The quantitative estimate of drug-likeness (QED) is 0.293. The second-order valence-electron chi connectivity index (χ2n) is 9.63. The number of halogens is 1. The molecule has 194 valence electrons. The molecule has 0 aliphatic carbocycles. The molecule has 1 aromatic carbocycles. The normalized spacial score (nSPS) is 19.7. The molecule has 35 heavy (non-hydrogen) atoms. The molecular weight excluding hydrogens is 480 g/mol. The van der Waals surface area contributed by atoms with E-state index in [0.29, 0.717) is 49.5 Å². The van der Waals surface area contributed by atoms with Gasteiger partial charge in [0, 0.05) is 25.2 Å². The Kier molecular flexibility index (Phi) is 9.33. The van der Waals surface area contributed by atoms with Gasteiger partial charge in [-0.2, -0.15) is 0 Å². The summed E-state index contributed by atoms with van der Waals surface area (Å²) in [4.78, 5) is 46.2. The third-order valence-corrected chi connectivity index (χ3v) is 5.76. The molecule has 0 aromatic heterocycles. The molecule has 12 heteroatoms. The van der Waals surface area contributed by atoms with E-state index in [1.54, 1.807) is 26.8 Å². The number of imide groups is 1. The number of carbonyl (C=O) groups excluding carboxylic acids is 3. The highest BCUT2D eigenvalue weighted by molar-refractivity contribution is 6.33. The maximum atomic E-state index is 12.1. The first-order valence-electron chi connectivity index (χ1n) is 11.2. The third kappa shape index (κ3) is 9.25. The molecule has 2 saturated heterocycles. The fraction of sp³-hybridized carbons (Fsp3) is 0.565. The van der Waals surface area contributed by atoms with Gasteiger partial charge in [0.1, 0.15) is 11.6 Å². The summed E-state index contributed by atoms with van der Waals surface area (Å²) in [6.07, 6.45) is 0.236. The Hall–Kier alpha value is -3.05. The fourth-order valence-corrected chi connectivity index (χ4v) is 4.17. The van der Waals surface area contributed by atoms with E-state index >= 15 is 0 Å². The van der Waals surface area contributed by atoms with Crippen molar-refractivity contribution in [1.29, 1.82) is 0 Å². The number of nitrogens with two attached hydrogens (primary N) is 1.